The van der Waals surface area contributed by atoms with Crippen LogP contribution in [0.25, 0.3) is 0 Å². The average molecular weight is 203 g/mol. The first-order valence-electron chi connectivity index (χ1n) is 4.76. The molecule has 78 valence electrons. The maximum atomic E-state index is 11.3. The Bertz CT molecular complexity index is 416. The van der Waals surface area contributed by atoms with Crippen molar-refractivity contribution >= 4 is 5.78 Å². The van der Waals surface area contributed by atoms with E-state index in [-0.39, 0.29) is 11.9 Å². The molecule has 0 aliphatic carbocycles. The molecule has 0 heterocycles. The zero-order valence-corrected chi connectivity index (χ0v) is 9.07. The first-order chi connectivity index (χ1) is 7.04. The highest BCUT2D eigenvalue weighted by molar-refractivity contribution is 5.97. The summed E-state index contributed by atoms with van der Waals surface area (Å²) in [7, 11) is 0. The Labute approximate surface area is 89.3 Å². The lowest BCUT2D eigenvalue weighted by atomic mass is 10.1. The van der Waals surface area contributed by atoms with Crippen molar-refractivity contribution in [3.8, 4) is 11.8 Å². The van der Waals surface area contributed by atoms with Crippen LogP contribution >= 0.6 is 0 Å². The van der Waals surface area contributed by atoms with Gasteiger partial charge in [0.05, 0.1) is 23.3 Å². The molecule has 0 atom stereocenters. The molecule has 0 unspecified atom stereocenters. The number of ether oxygens (including phenoxy) is 1. The SMILES string of the molecule is CC(=O)c1ccc(C#N)cc1OC(C)C. The molecular formula is C12H13NO2. The van der Waals surface area contributed by atoms with Gasteiger partial charge in [0.1, 0.15) is 5.75 Å². The minimum Gasteiger partial charge on any atom is -0.490 e. The van der Waals surface area contributed by atoms with E-state index in [1.165, 1.54) is 6.92 Å². The quantitative estimate of drug-likeness (QED) is 0.709. The predicted molar refractivity (Wildman–Crippen MR) is 56.9 cm³/mol. The van der Waals surface area contributed by atoms with E-state index in [0.717, 1.165) is 0 Å². The molecular weight excluding hydrogens is 190 g/mol. The molecule has 0 fully saturated rings. The molecule has 0 saturated carbocycles. The lowest BCUT2D eigenvalue weighted by molar-refractivity contribution is 0.101. The van der Waals surface area contributed by atoms with Crippen molar-refractivity contribution in [3.05, 3.63) is 29.3 Å². The van der Waals surface area contributed by atoms with Crippen LogP contribution in [-0.4, -0.2) is 11.9 Å². The lowest BCUT2D eigenvalue weighted by Gasteiger charge is -2.12. The van der Waals surface area contributed by atoms with Gasteiger partial charge < -0.3 is 4.74 Å². The Balaban J connectivity index is 3.17. The maximum absolute atomic E-state index is 11.3. The summed E-state index contributed by atoms with van der Waals surface area (Å²) in [5.41, 5.74) is 1.01. The number of carbonyl (C=O) groups is 1. The zero-order chi connectivity index (χ0) is 11.4. The number of ketones is 1. The average Bonchev–Trinajstić information content (AvgIpc) is 2.16. The molecule has 15 heavy (non-hydrogen) atoms. The van der Waals surface area contributed by atoms with Gasteiger partial charge in [-0.05, 0) is 39.0 Å². The smallest absolute Gasteiger partial charge is 0.163 e. The number of hydrogen-bond donors (Lipinski definition) is 0. The number of hydrogen-bond acceptors (Lipinski definition) is 3. The largest absolute Gasteiger partial charge is 0.490 e. The number of nitriles is 1. The fourth-order valence-corrected chi connectivity index (χ4v) is 1.23. The Morgan fingerprint density at radius 3 is 2.60 bits per heavy atom. The van der Waals surface area contributed by atoms with Gasteiger partial charge in [-0.25, -0.2) is 0 Å². The molecule has 3 heteroatoms. The van der Waals surface area contributed by atoms with Crippen molar-refractivity contribution < 1.29 is 9.53 Å². The van der Waals surface area contributed by atoms with Crippen LogP contribution < -0.4 is 4.74 Å². The van der Waals surface area contributed by atoms with E-state index in [2.05, 4.69) is 0 Å². The molecule has 0 radical (unpaired) electrons. The van der Waals surface area contributed by atoms with Crippen LogP contribution in [0.5, 0.6) is 5.75 Å². The highest BCUT2D eigenvalue weighted by atomic mass is 16.5. The number of carbonyl (C=O) groups excluding carboxylic acids is 1. The third kappa shape index (κ3) is 2.81. The summed E-state index contributed by atoms with van der Waals surface area (Å²) in [6.45, 7) is 5.24. The van der Waals surface area contributed by atoms with Crippen molar-refractivity contribution in [2.75, 3.05) is 0 Å². The van der Waals surface area contributed by atoms with Gasteiger partial charge in [0.25, 0.3) is 0 Å². The molecule has 1 aromatic rings. The first-order valence-corrected chi connectivity index (χ1v) is 4.76. The number of rotatable bonds is 3. The first kappa shape index (κ1) is 11.3. The molecule has 0 saturated heterocycles. The molecule has 1 rings (SSSR count). The molecule has 0 N–H and O–H groups in total. The van der Waals surface area contributed by atoms with E-state index in [1.54, 1.807) is 18.2 Å². The van der Waals surface area contributed by atoms with Crippen LogP contribution in [-0.2, 0) is 0 Å². The second-order valence-electron chi connectivity index (χ2n) is 3.55. The van der Waals surface area contributed by atoms with Crippen LogP contribution in [0.15, 0.2) is 18.2 Å². The molecule has 0 aliphatic heterocycles. The van der Waals surface area contributed by atoms with Crippen LogP contribution in [0.1, 0.15) is 36.7 Å². The summed E-state index contributed by atoms with van der Waals surface area (Å²) in [6, 6.07) is 6.85. The monoisotopic (exact) mass is 203 g/mol. The van der Waals surface area contributed by atoms with Gasteiger partial charge in [-0.3, -0.25) is 4.79 Å². The fourth-order valence-electron chi connectivity index (χ4n) is 1.23. The number of Topliss-reactive ketones (excluding diaryl/α,β-unsaturated/α-hetero) is 1. The minimum absolute atomic E-state index is 0.0166. The van der Waals surface area contributed by atoms with Crippen molar-refractivity contribution in [3.63, 3.8) is 0 Å². The lowest BCUT2D eigenvalue weighted by Crippen LogP contribution is -2.09. The number of benzene rings is 1. The van der Waals surface area contributed by atoms with Gasteiger partial charge in [-0.2, -0.15) is 5.26 Å². The third-order valence-corrected chi connectivity index (χ3v) is 1.85. The summed E-state index contributed by atoms with van der Waals surface area (Å²) in [6.07, 6.45) is -0.0166. The fraction of sp³-hybridized carbons (Fsp3) is 0.333. The van der Waals surface area contributed by atoms with Crippen molar-refractivity contribution in [1.29, 1.82) is 5.26 Å². The second-order valence-corrected chi connectivity index (χ2v) is 3.55. The van der Waals surface area contributed by atoms with Crippen molar-refractivity contribution in [2.24, 2.45) is 0 Å². The van der Waals surface area contributed by atoms with E-state index in [1.807, 2.05) is 19.9 Å². The Hall–Kier alpha value is -1.82. The summed E-state index contributed by atoms with van der Waals surface area (Å²) in [4.78, 5) is 11.3. The summed E-state index contributed by atoms with van der Waals surface area (Å²) >= 11 is 0. The molecule has 0 aromatic heterocycles. The van der Waals surface area contributed by atoms with E-state index < -0.39 is 0 Å². The standard InChI is InChI=1S/C12H13NO2/c1-8(2)15-12-6-10(7-13)4-5-11(12)9(3)14/h4-6,8H,1-3H3. The zero-order valence-electron chi connectivity index (χ0n) is 9.07. The van der Waals surface area contributed by atoms with Crippen LogP contribution in [0.2, 0.25) is 0 Å². The van der Waals surface area contributed by atoms with Crippen LogP contribution in [0.3, 0.4) is 0 Å². The minimum atomic E-state index is -0.0601. The van der Waals surface area contributed by atoms with E-state index >= 15 is 0 Å². The third-order valence-electron chi connectivity index (χ3n) is 1.85. The van der Waals surface area contributed by atoms with E-state index in [0.29, 0.717) is 16.9 Å². The molecule has 3 nitrogen and oxygen atoms in total. The van der Waals surface area contributed by atoms with Crippen molar-refractivity contribution in [2.45, 2.75) is 26.9 Å². The maximum Gasteiger partial charge on any atom is 0.163 e. The highest BCUT2D eigenvalue weighted by Gasteiger charge is 2.10. The molecule has 1 aromatic carbocycles. The predicted octanol–water partition coefficient (Wildman–Crippen LogP) is 2.55. The Morgan fingerprint density at radius 1 is 1.47 bits per heavy atom. The number of nitrogens with zero attached hydrogens (tertiary/aromatic N) is 1. The van der Waals surface area contributed by atoms with Crippen molar-refractivity contribution in [1.82, 2.24) is 0 Å². The van der Waals surface area contributed by atoms with Crippen LogP contribution in [0, 0.1) is 11.3 Å². The summed E-state index contributed by atoms with van der Waals surface area (Å²) in [5, 5.41) is 8.74. The Morgan fingerprint density at radius 2 is 2.13 bits per heavy atom. The van der Waals surface area contributed by atoms with Gasteiger partial charge in [0.15, 0.2) is 5.78 Å². The van der Waals surface area contributed by atoms with E-state index in [4.69, 9.17) is 10.00 Å². The molecule has 0 aliphatic rings. The normalized spacial score (nSPS) is 9.80. The van der Waals surface area contributed by atoms with Gasteiger partial charge in [-0.15, -0.1) is 0 Å². The highest BCUT2D eigenvalue weighted by Crippen LogP contribution is 2.22. The van der Waals surface area contributed by atoms with Crippen LogP contribution in [0.4, 0.5) is 0 Å². The summed E-state index contributed by atoms with van der Waals surface area (Å²) < 4.78 is 5.48. The van der Waals surface area contributed by atoms with E-state index in [9.17, 15) is 4.79 Å². The Kier molecular flexibility index (Phi) is 3.46. The molecule has 0 amide bonds. The van der Waals surface area contributed by atoms with Gasteiger partial charge in [0.2, 0.25) is 0 Å². The summed E-state index contributed by atoms with van der Waals surface area (Å²) in [5.74, 6) is 0.423. The molecule has 0 bridgehead atoms. The molecule has 0 spiro atoms. The topological polar surface area (TPSA) is 50.1 Å². The van der Waals surface area contributed by atoms with Gasteiger partial charge >= 0.3 is 0 Å². The van der Waals surface area contributed by atoms with Gasteiger partial charge in [-0.1, -0.05) is 0 Å². The second kappa shape index (κ2) is 4.61. The van der Waals surface area contributed by atoms with Gasteiger partial charge in [0, 0.05) is 0 Å².